The molecule has 1 fully saturated rings. The average Bonchev–Trinajstić information content (AvgIpc) is 2.74. The number of para-hydroxylation sites is 1. The first-order valence-electron chi connectivity index (χ1n) is 9.98. The van der Waals surface area contributed by atoms with Crippen LogP contribution in [0.15, 0.2) is 35.1 Å². The van der Waals surface area contributed by atoms with Crippen LogP contribution in [0.1, 0.15) is 49.5 Å². The molecule has 3 rings (SSSR count). The molecule has 1 aliphatic carbocycles. The molecule has 1 saturated carbocycles. The van der Waals surface area contributed by atoms with E-state index in [1.165, 1.54) is 6.42 Å². The molecule has 1 N–H and O–H groups in total. The van der Waals surface area contributed by atoms with Crippen molar-refractivity contribution in [3.8, 4) is 11.4 Å². The van der Waals surface area contributed by atoms with Gasteiger partial charge in [-0.15, -0.1) is 0 Å². The Bertz CT molecular complexity index is 969. The molecule has 0 spiro atoms. The second kappa shape index (κ2) is 10.2. The summed E-state index contributed by atoms with van der Waals surface area (Å²) in [7, 11) is 0. The van der Waals surface area contributed by atoms with Crippen molar-refractivity contribution in [2.75, 3.05) is 13.2 Å². The van der Waals surface area contributed by atoms with Gasteiger partial charge in [-0.3, -0.25) is 9.59 Å². The van der Waals surface area contributed by atoms with E-state index in [9.17, 15) is 14.4 Å². The van der Waals surface area contributed by atoms with Crippen molar-refractivity contribution in [3.63, 3.8) is 0 Å². The predicted molar refractivity (Wildman–Crippen MR) is 111 cm³/mol. The third kappa shape index (κ3) is 5.38. The van der Waals surface area contributed by atoms with Crippen molar-refractivity contribution < 1.29 is 19.1 Å². The van der Waals surface area contributed by atoms with Crippen molar-refractivity contribution in [2.45, 2.75) is 45.1 Å². The highest BCUT2D eigenvalue weighted by Crippen LogP contribution is 2.21. The molecule has 160 valence electrons. The summed E-state index contributed by atoms with van der Waals surface area (Å²) in [5.41, 5.74) is -0.447. The molecule has 0 radical (unpaired) electrons. The Balaban J connectivity index is 1.83. The lowest BCUT2D eigenvalue weighted by Crippen LogP contribution is -2.39. The zero-order valence-electron chi connectivity index (χ0n) is 16.7. The number of halogens is 1. The van der Waals surface area contributed by atoms with Crippen LogP contribution in [-0.4, -0.2) is 40.9 Å². The van der Waals surface area contributed by atoms with Gasteiger partial charge >= 0.3 is 5.97 Å². The van der Waals surface area contributed by atoms with Crippen LogP contribution in [0, 0.1) is 0 Å². The Morgan fingerprint density at radius 2 is 1.97 bits per heavy atom. The van der Waals surface area contributed by atoms with Gasteiger partial charge in [-0.1, -0.05) is 43.0 Å². The second-order valence-corrected chi connectivity index (χ2v) is 7.38. The van der Waals surface area contributed by atoms with Gasteiger partial charge in [0.15, 0.2) is 12.4 Å². The molecule has 30 heavy (non-hydrogen) atoms. The summed E-state index contributed by atoms with van der Waals surface area (Å²) in [6.45, 7) is 1.44. The highest BCUT2D eigenvalue weighted by atomic mass is 35.5. The Morgan fingerprint density at radius 1 is 1.23 bits per heavy atom. The van der Waals surface area contributed by atoms with Gasteiger partial charge in [0.1, 0.15) is 0 Å². The second-order valence-electron chi connectivity index (χ2n) is 6.97. The topological polar surface area (TPSA) is 99.5 Å². The van der Waals surface area contributed by atoms with Gasteiger partial charge in [-0.2, -0.15) is 9.78 Å². The van der Waals surface area contributed by atoms with Crippen molar-refractivity contribution >= 4 is 23.5 Å². The first-order chi connectivity index (χ1) is 14.5. The zero-order chi connectivity index (χ0) is 21.5. The van der Waals surface area contributed by atoms with Crippen molar-refractivity contribution in [3.05, 3.63) is 51.4 Å². The molecular weight excluding hydrogens is 410 g/mol. The zero-order valence-corrected chi connectivity index (χ0v) is 17.5. The number of nitrogens with one attached hydrogen (secondary N) is 1. The van der Waals surface area contributed by atoms with Gasteiger partial charge in [0, 0.05) is 6.04 Å². The standard InChI is InChI=1S/C21H24ClN3O5/c1-2-29-21(28)20-17(30-13-18(26)23-14-8-4-3-5-9-14)12-19(27)25(24-20)16-11-7-6-10-15(16)22/h6-7,10-12,14H,2-5,8-9,13H2,1H3,(H,23,26). The normalized spacial score (nSPS) is 14.2. The lowest BCUT2D eigenvalue weighted by molar-refractivity contribution is -0.124. The minimum absolute atomic E-state index is 0.111. The lowest BCUT2D eigenvalue weighted by atomic mass is 9.95. The van der Waals surface area contributed by atoms with E-state index in [2.05, 4.69) is 10.4 Å². The highest BCUT2D eigenvalue weighted by Gasteiger charge is 2.22. The number of esters is 1. The minimum Gasteiger partial charge on any atom is -0.481 e. The summed E-state index contributed by atoms with van der Waals surface area (Å²) < 4.78 is 11.5. The van der Waals surface area contributed by atoms with E-state index in [4.69, 9.17) is 21.1 Å². The maximum Gasteiger partial charge on any atom is 0.362 e. The number of benzene rings is 1. The van der Waals surface area contributed by atoms with Crippen LogP contribution in [-0.2, 0) is 9.53 Å². The lowest BCUT2D eigenvalue weighted by Gasteiger charge is -2.22. The van der Waals surface area contributed by atoms with Crippen LogP contribution >= 0.6 is 11.6 Å². The van der Waals surface area contributed by atoms with Crippen LogP contribution in [0.3, 0.4) is 0 Å². The smallest absolute Gasteiger partial charge is 0.362 e. The fraction of sp³-hybridized carbons (Fsp3) is 0.429. The van der Waals surface area contributed by atoms with Crippen LogP contribution in [0.4, 0.5) is 0 Å². The molecule has 0 bridgehead atoms. The molecule has 0 atom stereocenters. The van der Waals surface area contributed by atoms with Crippen LogP contribution in [0.25, 0.3) is 5.69 Å². The third-order valence-corrected chi connectivity index (χ3v) is 5.09. The fourth-order valence-electron chi connectivity index (χ4n) is 3.35. The van der Waals surface area contributed by atoms with Crippen LogP contribution in [0.5, 0.6) is 5.75 Å². The van der Waals surface area contributed by atoms with Gasteiger partial charge in [-0.05, 0) is 31.9 Å². The SMILES string of the molecule is CCOC(=O)c1nn(-c2ccccc2Cl)c(=O)cc1OCC(=O)NC1CCCCC1. The quantitative estimate of drug-likeness (QED) is 0.674. The largest absolute Gasteiger partial charge is 0.481 e. The highest BCUT2D eigenvalue weighted by molar-refractivity contribution is 6.32. The Kier molecular flexibility index (Phi) is 7.46. The van der Waals surface area contributed by atoms with Crippen molar-refractivity contribution in [1.29, 1.82) is 0 Å². The van der Waals surface area contributed by atoms with Gasteiger partial charge in [0.05, 0.1) is 23.4 Å². The molecule has 1 heterocycles. The van der Waals surface area contributed by atoms with Gasteiger partial charge < -0.3 is 14.8 Å². The monoisotopic (exact) mass is 433 g/mol. The molecule has 1 aromatic heterocycles. The van der Waals surface area contributed by atoms with E-state index < -0.39 is 11.5 Å². The van der Waals surface area contributed by atoms with E-state index in [0.29, 0.717) is 10.7 Å². The van der Waals surface area contributed by atoms with Gasteiger partial charge in [0.2, 0.25) is 5.69 Å². The predicted octanol–water partition coefficient (Wildman–Crippen LogP) is 2.89. The molecule has 0 aliphatic heterocycles. The van der Waals surface area contributed by atoms with E-state index in [1.807, 2.05) is 0 Å². The summed E-state index contributed by atoms with van der Waals surface area (Å²) in [5, 5.41) is 7.32. The number of aromatic nitrogens is 2. The Labute approximate surface area is 179 Å². The summed E-state index contributed by atoms with van der Waals surface area (Å²) in [6.07, 6.45) is 5.23. The summed E-state index contributed by atoms with van der Waals surface area (Å²) in [6, 6.07) is 7.85. The maximum absolute atomic E-state index is 12.6. The van der Waals surface area contributed by atoms with E-state index in [-0.39, 0.29) is 36.6 Å². The molecule has 1 aliphatic rings. The van der Waals surface area contributed by atoms with E-state index in [1.54, 1.807) is 31.2 Å². The average molecular weight is 434 g/mol. The molecule has 1 amide bonds. The molecule has 0 unspecified atom stereocenters. The molecule has 2 aromatic rings. The Hall–Kier alpha value is -2.87. The fourth-order valence-corrected chi connectivity index (χ4v) is 3.56. The first kappa shape index (κ1) is 21.8. The molecular formula is C21H24ClN3O5. The number of hydrogen-bond acceptors (Lipinski definition) is 6. The van der Waals surface area contributed by atoms with Gasteiger partial charge in [0.25, 0.3) is 11.5 Å². The van der Waals surface area contributed by atoms with E-state index in [0.717, 1.165) is 36.4 Å². The molecule has 9 heteroatoms. The van der Waals surface area contributed by atoms with Crippen LogP contribution < -0.4 is 15.6 Å². The summed E-state index contributed by atoms with van der Waals surface area (Å²) in [5.74, 6) is -1.19. The van der Waals surface area contributed by atoms with Gasteiger partial charge in [-0.25, -0.2) is 4.79 Å². The molecule has 0 saturated heterocycles. The summed E-state index contributed by atoms with van der Waals surface area (Å²) >= 11 is 6.16. The number of ether oxygens (including phenoxy) is 2. The molecule has 1 aromatic carbocycles. The maximum atomic E-state index is 12.6. The minimum atomic E-state index is -0.763. The molecule has 8 nitrogen and oxygen atoms in total. The number of carbonyl (C=O) groups is 2. The number of amides is 1. The number of hydrogen-bond donors (Lipinski definition) is 1. The first-order valence-corrected chi connectivity index (χ1v) is 10.4. The number of carbonyl (C=O) groups excluding carboxylic acids is 2. The van der Waals surface area contributed by atoms with Crippen molar-refractivity contribution in [1.82, 2.24) is 15.1 Å². The Morgan fingerprint density at radius 3 is 2.67 bits per heavy atom. The van der Waals surface area contributed by atoms with Crippen LogP contribution in [0.2, 0.25) is 5.02 Å². The van der Waals surface area contributed by atoms with Crippen molar-refractivity contribution in [2.24, 2.45) is 0 Å². The van der Waals surface area contributed by atoms with E-state index >= 15 is 0 Å². The number of nitrogens with zero attached hydrogens (tertiary/aromatic N) is 2. The number of rotatable bonds is 7. The summed E-state index contributed by atoms with van der Waals surface area (Å²) in [4.78, 5) is 37.2. The third-order valence-electron chi connectivity index (χ3n) is 4.78.